The van der Waals surface area contributed by atoms with Crippen LogP contribution in [0.15, 0.2) is 42.5 Å². The first-order valence-electron chi connectivity index (χ1n) is 20.7. The molecule has 2 saturated heterocycles. The van der Waals surface area contributed by atoms with E-state index in [1.54, 1.807) is 37.4 Å². The predicted octanol–water partition coefficient (Wildman–Crippen LogP) is 6.12. The van der Waals surface area contributed by atoms with E-state index in [2.05, 4.69) is 15.5 Å². The van der Waals surface area contributed by atoms with Crippen molar-refractivity contribution in [3.05, 3.63) is 87.2 Å². The Kier molecular flexibility index (Phi) is 12.7. The maximum Gasteiger partial charge on any atom is 0.263 e. The SMILES string of the molecule is CCOc1cc(CN2C(=O)c3cc(CCCCCCCN4CCC(c5cc(F)cc6c5CN(C5CCC(=O)NC5=O)C6=O)CC4)cc(NC(C)=O)c3C2=O)ccc1OC. The molecule has 4 heterocycles. The zero-order chi connectivity index (χ0) is 41.8. The van der Waals surface area contributed by atoms with Crippen LogP contribution in [0.4, 0.5) is 10.1 Å². The smallest absolute Gasteiger partial charge is 0.263 e. The lowest BCUT2D eigenvalue weighted by atomic mass is 9.85. The van der Waals surface area contributed by atoms with Gasteiger partial charge < -0.3 is 24.6 Å². The number of anilines is 1. The van der Waals surface area contributed by atoms with Crippen molar-refractivity contribution >= 4 is 41.1 Å². The van der Waals surface area contributed by atoms with E-state index in [0.29, 0.717) is 46.9 Å². The van der Waals surface area contributed by atoms with Gasteiger partial charge in [-0.05, 0) is 130 Å². The fraction of sp³-hybridized carbons (Fsp3) is 0.467. The number of likely N-dealkylation sites (tertiary alicyclic amines) is 1. The van der Waals surface area contributed by atoms with Crippen molar-refractivity contribution in [2.45, 2.75) is 103 Å². The highest BCUT2D eigenvalue weighted by atomic mass is 19.1. The Morgan fingerprint density at radius 1 is 0.864 bits per heavy atom. The molecule has 3 aromatic carbocycles. The average molecular weight is 810 g/mol. The summed E-state index contributed by atoms with van der Waals surface area (Å²) in [5.74, 6) is -1.59. The van der Waals surface area contributed by atoms with Gasteiger partial charge in [-0.15, -0.1) is 0 Å². The molecule has 3 aromatic rings. The lowest BCUT2D eigenvalue weighted by molar-refractivity contribution is -0.137. The number of rotatable bonds is 16. The van der Waals surface area contributed by atoms with E-state index in [1.807, 2.05) is 13.0 Å². The van der Waals surface area contributed by atoms with Crippen molar-refractivity contribution in [3.63, 3.8) is 0 Å². The van der Waals surface area contributed by atoms with E-state index in [9.17, 15) is 33.2 Å². The highest BCUT2D eigenvalue weighted by Crippen LogP contribution is 2.38. The first-order chi connectivity index (χ1) is 28.4. The molecule has 7 rings (SSSR count). The van der Waals surface area contributed by atoms with Crippen LogP contribution < -0.4 is 20.1 Å². The molecule has 14 heteroatoms. The Morgan fingerprint density at radius 2 is 1.63 bits per heavy atom. The Bertz CT molecular complexity index is 2170. The van der Waals surface area contributed by atoms with Gasteiger partial charge in [0.1, 0.15) is 11.9 Å². The number of nitrogens with zero attached hydrogens (tertiary/aromatic N) is 3. The van der Waals surface area contributed by atoms with Gasteiger partial charge in [0.2, 0.25) is 17.7 Å². The standard InChI is InChI=1S/C45H52FN5O8/c1-4-59-39-22-29(11-13-38(39)58-3)25-51-44(56)34-20-28(21-36(47-27(2)52)41(34)45(51)57)10-8-6-5-7-9-17-49-18-15-30(16-19-49)32-23-31(46)24-33-35(32)26-50(43(33)55)37-12-14-40(53)48-42(37)54/h11,13,20-24,30,37H,4-10,12,14-19,25-26H2,1-3H3,(H,47,52)(H,48,53,54). The third kappa shape index (κ3) is 9.02. The largest absolute Gasteiger partial charge is 0.493 e. The highest BCUT2D eigenvalue weighted by molar-refractivity contribution is 6.24. The van der Waals surface area contributed by atoms with Gasteiger partial charge in [0.15, 0.2) is 11.5 Å². The molecule has 0 aliphatic carbocycles. The number of fused-ring (bicyclic) bond motifs is 2. The molecular weight excluding hydrogens is 758 g/mol. The van der Waals surface area contributed by atoms with Crippen LogP contribution in [-0.4, -0.2) is 89.5 Å². The van der Waals surface area contributed by atoms with Crippen molar-refractivity contribution in [2.75, 3.05) is 38.7 Å². The molecule has 0 saturated carbocycles. The third-order valence-electron chi connectivity index (χ3n) is 11.9. The van der Waals surface area contributed by atoms with Crippen LogP contribution in [0.1, 0.15) is 131 Å². The van der Waals surface area contributed by atoms with Crippen LogP contribution in [0.5, 0.6) is 11.5 Å². The van der Waals surface area contributed by atoms with Crippen LogP contribution in [0.3, 0.4) is 0 Å². The van der Waals surface area contributed by atoms with Gasteiger partial charge in [-0.3, -0.25) is 39.0 Å². The third-order valence-corrected chi connectivity index (χ3v) is 11.9. The van der Waals surface area contributed by atoms with Gasteiger partial charge in [-0.1, -0.05) is 25.3 Å². The summed E-state index contributed by atoms with van der Waals surface area (Å²) in [6.45, 7) is 6.70. The molecule has 0 bridgehead atoms. The number of hydrogen-bond donors (Lipinski definition) is 2. The second-order valence-corrected chi connectivity index (χ2v) is 15.9. The molecule has 13 nitrogen and oxygen atoms in total. The monoisotopic (exact) mass is 809 g/mol. The molecule has 6 amide bonds. The summed E-state index contributed by atoms with van der Waals surface area (Å²) < 4.78 is 25.9. The summed E-state index contributed by atoms with van der Waals surface area (Å²) >= 11 is 0. The molecule has 0 aromatic heterocycles. The zero-order valence-corrected chi connectivity index (χ0v) is 34.0. The maximum atomic E-state index is 14.8. The van der Waals surface area contributed by atoms with Gasteiger partial charge in [0, 0.05) is 25.5 Å². The molecule has 4 aliphatic rings. The van der Waals surface area contributed by atoms with Crippen molar-refractivity contribution in [1.82, 2.24) is 20.0 Å². The molecule has 1 unspecified atom stereocenters. The first kappa shape index (κ1) is 41.5. The summed E-state index contributed by atoms with van der Waals surface area (Å²) in [7, 11) is 1.55. The van der Waals surface area contributed by atoms with Crippen LogP contribution in [0, 0.1) is 5.82 Å². The number of unbranched alkanes of at least 4 members (excludes halogenated alkanes) is 4. The quantitative estimate of drug-likeness (QED) is 0.129. The zero-order valence-electron chi connectivity index (χ0n) is 34.0. The Hall–Kier alpha value is -5.63. The molecule has 1 atom stereocenters. The maximum absolute atomic E-state index is 14.8. The number of carbonyl (C=O) groups is 6. The lowest BCUT2D eigenvalue weighted by Crippen LogP contribution is -2.52. The second-order valence-electron chi connectivity index (χ2n) is 15.9. The minimum atomic E-state index is -0.732. The number of hydrogen-bond acceptors (Lipinski definition) is 9. The molecule has 0 radical (unpaired) electrons. The van der Waals surface area contributed by atoms with E-state index >= 15 is 0 Å². The van der Waals surface area contributed by atoms with Gasteiger partial charge in [0.25, 0.3) is 17.7 Å². The number of ether oxygens (including phenoxy) is 2. The lowest BCUT2D eigenvalue weighted by Gasteiger charge is -2.33. The molecule has 59 heavy (non-hydrogen) atoms. The van der Waals surface area contributed by atoms with Crippen LogP contribution in [0.2, 0.25) is 0 Å². The van der Waals surface area contributed by atoms with E-state index in [0.717, 1.165) is 81.3 Å². The number of halogens is 1. The summed E-state index contributed by atoms with van der Waals surface area (Å²) in [5.41, 5.74) is 4.43. The number of benzene rings is 3. The topological polar surface area (TPSA) is 155 Å². The molecule has 4 aliphatic heterocycles. The summed E-state index contributed by atoms with van der Waals surface area (Å²) in [4.78, 5) is 82.0. The summed E-state index contributed by atoms with van der Waals surface area (Å²) in [5, 5.41) is 5.11. The van der Waals surface area contributed by atoms with Gasteiger partial charge >= 0.3 is 0 Å². The summed E-state index contributed by atoms with van der Waals surface area (Å²) in [6.07, 6.45) is 7.89. The van der Waals surface area contributed by atoms with E-state index in [4.69, 9.17) is 9.47 Å². The normalized spacial score (nSPS) is 18.3. The predicted molar refractivity (Wildman–Crippen MR) is 217 cm³/mol. The Balaban J connectivity index is 0.873. The van der Waals surface area contributed by atoms with Crippen LogP contribution in [0.25, 0.3) is 0 Å². The van der Waals surface area contributed by atoms with Crippen molar-refractivity contribution in [1.29, 1.82) is 0 Å². The number of amides is 6. The Morgan fingerprint density at radius 3 is 2.36 bits per heavy atom. The van der Waals surface area contributed by atoms with Crippen molar-refractivity contribution in [2.24, 2.45) is 0 Å². The van der Waals surface area contributed by atoms with E-state index in [-0.39, 0.29) is 55.1 Å². The number of carbonyl (C=O) groups excluding carboxylic acids is 6. The van der Waals surface area contributed by atoms with Crippen LogP contribution in [-0.2, 0) is 33.9 Å². The minimum Gasteiger partial charge on any atom is -0.493 e. The molecule has 2 N–H and O–H groups in total. The second kappa shape index (κ2) is 18.1. The number of methoxy groups -OCH3 is 1. The molecular formula is C45H52FN5O8. The summed E-state index contributed by atoms with van der Waals surface area (Å²) in [6, 6.07) is 11.0. The number of nitrogens with one attached hydrogen (secondary N) is 2. The van der Waals surface area contributed by atoms with Gasteiger partial charge in [-0.25, -0.2) is 4.39 Å². The number of piperidine rings is 2. The minimum absolute atomic E-state index is 0.0489. The highest BCUT2D eigenvalue weighted by Gasteiger charge is 2.42. The molecule has 312 valence electrons. The molecule has 0 spiro atoms. The number of aryl methyl sites for hydroxylation is 1. The fourth-order valence-electron chi connectivity index (χ4n) is 9.00. The van der Waals surface area contributed by atoms with E-state index in [1.165, 1.54) is 22.8 Å². The van der Waals surface area contributed by atoms with Crippen molar-refractivity contribution < 1.29 is 42.6 Å². The fourth-order valence-corrected chi connectivity index (χ4v) is 9.00. The van der Waals surface area contributed by atoms with Gasteiger partial charge in [0.05, 0.1) is 37.1 Å². The first-order valence-corrected chi connectivity index (χ1v) is 20.7. The average Bonchev–Trinajstić information content (AvgIpc) is 3.65. The Labute approximate surface area is 343 Å². The molecule has 2 fully saturated rings. The number of imide groups is 2. The van der Waals surface area contributed by atoms with Gasteiger partial charge in [-0.2, -0.15) is 0 Å². The van der Waals surface area contributed by atoms with Crippen molar-refractivity contribution in [3.8, 4) is 11.5 Å². The van der Waals surface area contributed by atoms with E-state index < -0.39 is 29.6 Å². The van der Waals surface area contributed by atoms with Crippen LogP contribution >= 0.6 is 0 Å².